The average molecular weight is 287 g/mol. The Balaban J connectivity index is 2.41. The second kappa shape index (κ2) is 8.47. The van der Waals surface area contributed by atoms with E-state index in [2.05, 4.69) is 5.32 Å². The van der Waals surface area contributed by atoms with Crippen LogP contribution in [0, 0.1) is 0 Å². The smallest absolute Gasteiger partial charge is 0.265 e. The highest BCUT2D eigenvalue weighted by atomic mass is 19.3. The largest absolute Gasteiger partial charge is 0.494 e. The molecule has 1 aromatic carbocycles. The van der Waals surface area contributed by atoms with Crippen molar-refractivity contribution in [3.8, 4) is 5.75 Å². The van der Waals surface area contributed by atoms with Crippen molar-refractivity contribution in [3.05, 3.63) is 29.8 Å². The summed E-state index contributed by atoms with van der Waals surface area (Å²) in [4.78, 5) is 11.5. The van der Waals surface area contributed by atoms with Crippen LogP contribution in [0.3, 0.4) is 0 Å². The molecule has 0 spiro atoms. The molecule has 0 aromatic heterocycles. The number of amides is 1. The normalized spacial score (nSPS) is 12.2. The fourth-order valence-electron chi connectivity index (χ4n) is 1.65. The number of carbonyl (C=O) groups is 1. The van der Waals surface area contributed by atoms with Gasteiger partial charge in [-0.1, -0.05) is 18.2 Å². The van der Waals surface area contributed by atoms with Gasteiger partial charge in [0.25, 0.3) is 6.43 Å². The van der Waals surface area contributed by atoms with E-state index >= 15 is 0 Å². The second-order valence-corrected chi connectivity index (χ2v) is 4.25. The zero-order chi connectivity index (χ0) is 15.0. The minimum absolute atomic E-state index is 0.153. The number of aryl methyl sites for hydroxylation is 1. The van der Waals surface area contributed by atoms with Crippen molar-refractivity contribution in [1.82, 2.24) is 5.32 Å². The van der Waals surface area contributed by atoms with Gasteiger partial charge < -0.3 is 15.2 Å². The van der Waals surface area contributed by atoms with Crippen LogP contribution in [0.4, 0.5) is 8.78 Å². The molecule has 1 unspecified atom stereocenters. The molecule has 0 aliphatic rings. The van der Waals surface area contributed by atoms with Crippen molar-refractivity contribution in [1.29, 1.82) is 0 Å². The number of ether oxygens (including phenoxy) is 1. The van der Waals surface area contributed by atoms with E-state index in [1.807, 2.05) is 31.2 Å². The number of alkyl halides is 2. The van der Waals surface area contributed by atoms with Crippen molar-refractivity contribution in [2.75, 3.05) is 13.2 Å². The van der Waals surface area contributed by atoms with Gasteiger partial charge in [-0.05, 0) is 25.0 Å². The van der Waals surface area contributed by atoms with Gasteiger partial charge in [0.15, 0.2) is 0 Å². The Bertz CT molecular complexity index is 427. The summed E-state index contributed by atoms with van der Waals surface area (Å²) in [6.45, 7) is 1.96. The van der Waals surface area contributed by atoms with Gasteiger partial charge in [-0.15, -0.1) is 0 Å². The molecule has 0 bridgehead atoms. The Kier molecular flexibility index (Phi) is 6.93. The van der Waals surface area contributed by atoms with Crippen LogP contribution in [0.5, 0.6) is 5.75 Å². The molecule has 20 heavy (non-hydrogen) atoms. The Morgan fingerprint density at radius 1 is 1.40 bits per heavy atom. The van der Waals surface area contributed by atoms with Crippen LogP contribution in [0.15, 0.2) is 24.3 Å². The number of hydrogen-bond acceptors (Lipinski definition) is 3. The summed E-state index contributed by atoms with van der Waals surface area (Å²) in [5.41, 5.74) is 0.888. The fourth-order valence-corrected chi connectivity index (χ4v) is 1.65. The average Bonchev–Trinajstić information content (AvgIpc) is 2.44. The van der Waals surface area contributed by atoms with Gasteiger partial charge in [0.1, 0.15) is 11.9 Å². The highest BCUT2D eigenvalue weighted by Crippen LogP contribution is 2.19. The Morgan fingerprint density at radius 3 is 2.75 bits per heavy atom. The van der Waals surface area contributed by atoms with Crippen LogP contribution < -0.4 is 10.1 Å². The molecule has 112 valence electrons. The highest BCUT2D eigenvalue weighted by molar-refractivity contribution is 5.76. The quantitative estimate of drug-likeness (QED) is 0.766. The third-order valence-electron chi connectivity index (χ3n) is 2.69. The third-order valence-corrected chi connectivity index (χ3v) is 2.69. The van der Waals surface area contributed by atoms with Gasteiger partial charge in [0.05, 0.1) is 6.61 Å². The first-order valence-electron chi connectivity index (χ1n) is 6.48. The lowest BCUT2D eigenvalue weighted by atomic mass is 10.1. The molecule has 0 saturated carbocycles. The minimum atomic E-state index is -2.85. The molecule has 1 amide bonds. The van der Waals surface area contributed by atoms with E-state index in [-0.39, 0.29) is 12.3 Å². The lowest BCUT2D eigenvalue weighted by Gasteiger charge is -2.12. The molecule has 0 fully saturated rings. The van der Waals surface area contributed by atoms with Gasteiger partial charge in [-0.3, -0.25) is 4.79 Å². The first kappa shape index (κ1) is 16.4. The number of carbonyl (C=O) groups excluding carboxylic acids is 1. The molecular formula is C14H19F2NO3. The van der Waals surface area contributed by atoms with Crippen LogP contribution >= 0.6 is 0 Å². The molecule has 2 N–H and O–H groups in total. The summed E-state index contributed by atoms with van der Waals surface area (Å²) in [5.74, 6) is 0.339. The molecule has 0 saturated heterocycles. The monoisotopic (exact) mass is 287 g/mol. The standard InChI is InChI=1S/C14H19F2NO3/c1-2-20-12-6-4-3-5-10(12)7-8-13(19)17-9-11(18)14(15)16/h3-6,11,14,18H,2,7-9H2,1H3,(H,17,19). The second-order valence-electron chi connectivity index (χ2n) is 4.25. The summed E-state index contributed by atoms with van der Waals surface area (Å²) in [5, 5.41) is 11.2. The fraction of sp³-hybridized carbons (Fsp3) is 0.500. The molecular weight excluding hydrogens is 268 g/mol. The van der Waals surface area contributed by atoms with Crippen LogP contribution in [0.25, 0.3) is 0 Å². The van der Waals surface area contributed by atoms with E-state index in [1.54, 1.807) is 0 Å². The molecule has 1 rings (SSSR count). The maximum absolute atomic E-state index is 12.0. The van der Waals surface area contributed by atoms with E-state index in [9.17, 15) is 13.6 Å². The third kappa shape index (κ3) is 5.52. The predicted molar refractivity (Wildman–Crippen MR) is 71.0 cm³/mol. The first-order chi connectivity index (χ1) is 9.54. The lowest BCUT2D eigenvalue weighted by Crippen LogP contribution is -2.35. The van der Waals surface area contributed by atoms with Crippen molar-refractivity contribution in [3.63, 3.8) is 0 Å². The lowest BCUT2D eigenvalue weighted by molar-refractivity contribution is -0.122. The van der Waals surface area contributed by atoms with Gasteiger partial charge >= 0.3 is 0 Å². The maximum Gasteiger partial charge on any atom is 0.265 e. The number of aliphatic hydroxyl groups excluding tert-OH is 1. The van der Waals surface area contributed by atoms with Crippen LogP contribution in [0.1, 0.15) is 18.9 Å². The van der Waals surface area contributed by atoms with E-state index in [0.717, 1.165) is 11.3 Å². The zero-order valence-electron chi connectivity index (χ0n) is 11.3. The van der Waals surface area contributed by atoms with Crippen LogP contribution in [0.2, 0.25) is 0 Å². The van der Waals surface area contributed by atoms with E-state index in [1.165, 1.54) is 0 Å². The van der Waals surface area contributed by atoms with Crippen LogP contribution in [-0.4, -0.2) is 36.7 Å². The highest BCUT2D eigenvalue weighted by Gasteiger charge is 2.17. The van der Waals surface area contributed by atoms with Crippen molar-refractivity contribution >= 4 is 5.91 Å². The molecule has 1 aromatic rings. The van der Waals surface area contributed by atoms with Gasteiger partial charge in [0, 0.05) is 13.0 Å². The van der Waals surface area contributed by atoms with Crippen molar-refractivity contribution in [2.45, 2.75) is 32.3 Å². The summed E-state index contributed by atoms with van der Waals surface area (Å²) in [6.07, 6.45) is -4.07. The minimum Gasteiger partial charge on any atom is -0.494 e. The number of para-hydroxylation sites is 1. The first-order valence-corrected chi connectivity index (χ1v) is 6.48. The summed E-state index contributed by atoms with van der Waals surface area (Å²) >= 11 is 0. The topological polar surface area (TPSA) is 58.6 Å². The Morgan fingerprint density at radius 2 is 2.10 bits per heavy atom. The number of hydrogen-bond donors (Lipinski definition) is 2. The van der Waals surface area contributed by atoms with Gasteiger partial charge in [-0.2, -0.15) is 0 Å². The Hall–Kier alpha value is -1.69. The number of halogens is 2. The number of aliphatic hydroxyl groups is 1. The molecule has 4 nitrogen and oxygen atoms in total. The molecule has 0 radical (unpaired) electrons. The molecule has 0 heterocycles. The van der Waals surface area contributed by atoms with Gasteiger partial charge in [-0.25, -0.2) is 8.78 Å². The van der Waals surface area contributed by atoms with Gasteiger partial charge in [0.2, 0.25) is 5.91 Å². The number of nitrogens with one attached hydrogen (secondary N) is 1. The summed E-state index contributed by atoms with van der Waals surface area (Å²) in [7, 11) is 0. The Labute approximate surface area is 116 Å². The molecule has 1 atom stereocenters. The number of benzene rings is 1. The maximum atomic E-state index is 12.0. The van der Waals surface area contributed by atoms with E-state index in [4.69, 9.17) is 9.84 Å². The van der Waals surface area contributed by atoms with E-state index in [0.29, 0.717) is 13.0 Å². The summed E-state index contributed by atoms with van der Waals surface area (Å²) in [6, 6.07) is 7.35. The summed E-state index contributed by atoms with van der Waals surface area (Å²) < 4.78 is 29.5. The molecule has 0 aliphatic heterocycles. The van der Waals surface area contributed by atoms with E-state index < -0.39 is 19.1 Å². The van der Waals surface area contributed by atoms with Crippen molar-refractivity contribution in [2.24, 2.45) is 0 Å². The SMILES string of the molecule is CCOc1ccccc1CCC(=O)NCC(O)C(F)F. The molecule has 0 aliphatic carbocycles. The zero-order valence-corrected chi connectivity index (χ0v) is 11.3. The van der Waals surface area contributed by atoms with Crippen LogP contribution in [-0.2, 0) is 11.2 Å². The molecule has 6 heteroatoms. The predicted octanol–water partition coefficient (Wildman–Crippen LogP) is 1.76. The van der Waals surface area contributed by atoms with Crippen molar-refractivity contribution < 1.29 is 23.4 Å². The number of rotatable bonds is 8.